The lowest BCUT2D eigenvalue weighted by molar-refractivity contribution is -0.149. The Balaban J connectivity index is 1.71. The Kier molecular flexibility index (Phi) is 6.68. The molecule has 0 radical (unpaired) electrons. The first-order valence-electron chi connectivity index (χ1n) is 9.57. The van der Waals surface area contributed by atoms with Gasteiger partial charge in [0.1, 0.15) is 0 Å². The normalized spacial score (nSPS) is 12.2. The Labute approximate surface area is 161 Å². The lowest BCUT2D eigenvalue weighted by Crippen LogP contribution is -2.47. The molecule has 0 aliphatic rings. The second-order valence-electron chi connectivity index (χ2n) is 9.04. The van der Waals surface area contributed by atoms with Gasteiger partial charge in [-0.15, -0.1) is 0 Å². The highest BCUT2D eigenvalue weighted by atomic mass is 16.5. The van der Waals surface area contributed by atoms with Gasteiger partial charge in [-0.3, -0.25) is 9.59 Å². The summed E-state index contributed by atoms with van der Waals surface area (Å²) in [5.41, 5.74) is 2.07. The number of carbonyl (C=O) groups is 2. The molecule has 0 aliphatic heterocycles. The zero-order valence-corrected chi connectivity index (χ0v) is 17.1. The van der Waals surface area contributed by atoms with Crippen molar-refractivity contribution in [3.05, 3.63) is 36.0 Å². The van der Waals surface area contributed by atoms with Crippen LogP contribution < -0.4 is 5.32 Å². The number of ether oxygens (including phenoxy) is 1. The minimum atomic E-state index is -0.336. The zero-order chi connectivity index (χ0) is 20.1. The van der Waals surface area contributed by atoms with E-state index in [1.807, 2.05) is 38.2 Å². The maximum absolute atomic E-state index is 12.1. The van der Waals surface area contributed by atoms with Crippen molar-refractivity contribution in [2.75, 3.05) is 6.61 Å². The topological polar surface area (TPSA) is 71.2 Å². The molecule has 2 rings (SSSR count). The third-order valence-corrected chi connectivity index (χ3v) is 4.32. The van der Waals surface area contributed by atoms with Crippen molar-refractivity contribution in [1.29, 1.82) is 0 Å². The molecule has 0 unspecified atom stereocenters. The van der Waals surface area contributed by atoms with Crippen LogP contribution in [-0.4, -0.2) is 29.0 Å². The third kappa shape index (κ3) is 7.08. The average molecular weight is 373 g/mol. The van der Waals surface area contributed by atoms with Crippen LogP contribution in [-0.2, 0) is 20.7 Å². The molecule has 1 amide bonds. The van der Waals surface area contributed by atoms with Crippen molar-refractivity contribution in [2.45, 2.75) is 65.8 Å². The molecule has 1 aromatic carbocycles. The first-order valence-corrected chi connectivity index (χ1v) is 9.57. The molecule has 0 atom stereocenters. The maximum Gasteiger partial charge on any atom is 0.306 e. The van der Waals surface area contributed by atoms with Crippen LogP contribution in [0.1, 0.15) is 59.4 Å². The number of fused-ring (bicyclic) bond motifs is 1. The van der Waals surface area contributed by atoms with E-state index in [2.05, 4.69) is 37.1 Å². The average Bonchev–Trinajstić information content (AvgIpc) is 2.93. The van der Waals surface area contributed by atoms with Gasteiger partial charge in [0.05, 0.1) is 0 Å². The summed E-state index contributed by atoms with van der Waals surface area (Å²) >= 11 is 0. The summed E-state index contributed by atoms with van der Waals surface area (Å²) in [6.45, 7) is 10.1. The number of hydrogen-bond donors (Lipinski definition) is 2. The van der Waals surface area contributed by atoms with Gasteiger partial charge in [0, 0.05) is 29.1 Å². The quantitative estimate of drug-likeness (QED) is 0.676. The number of aromatic nitrogens is 1. The highest BCUT2D eigenvalue weighted by Crippen LogP contribution is 2.26. The van der Waals surface area contributed by atoms with Gasteiger partial charge in [-0.2, -0.15) is 0 Å². The Bertz CT molecular complexity index is 784. The number of amides is 1. The van der Waals surface area contributed by atoms with Crippen LogP contribution in [0.25, 0.3) is 10.9 Å². The maximum atomic E-state index is 12.1. The molecule has 0 saturated carbocycles. The van der Waals surface area contributed by atoms with Gasteiger partial charge < -0.3 is 15.0 Å². The standard InChI is InChI=1S/C22H32N2O3/c1-21(2,3)15-22(4,5)24-19(25)14-27-20(26)12-8-9-16-13-23-18-11-7-6-10-17(16)18/h6-7,10-11,13,23H,8-9,12,14-15H2,1-5H3,(H,24,25). The molecular weight excluding hydrogens is 340 g/mol. The van der Waals surface area contributed by atoms with Crippen molar-refractivity contribution in [1.82, 2.24) is 10.3 Å². The molecule has 1 aromatic heterocycles. The Morgan fingerprint density at radius 1 is 1.11 bits per heavy atom. The summed E-state index contributed by atoms with van der Waals surface area (Å²) in [5, 5.41) is 4.13. The van der Waals surface area contributed by atoms with E-state index in [1.165, 1.54) is 10.9 Å². The van der Waals surface area contributed by atoms with Gasteiger partial charge in [-0.05, 0) is 50.2 Å². The second kappa shape index (κ2) is 8.59. The van der Waals surface area contributed by atoms with Gasteiger partial charge in [-0.1, -0.05) is 39.0 Å². The molecular formula is C22H32N2O3. The molecule has 1 heterocycles. The summed E-state index contributed by atoms with van der Waals surface area (Å²) in [7, 11) is 0. The van der Waals surface area contributed by atoms with Gasteiger partial charge in [0.15, 0.2) is 6.61 Å². The number of aryl methyl sites for hydroxylation is 1. The number of esters is 1. The number of rotatable bonds is 8. The fraction of sp³-hybridized carbons (Fsp3) is 0.545. The largest absolute Gasteiger partial charge is 0.456 e. The highest BCUT2D eigenvalue weighted by Gasteiger charge is 2.27. The van der Waals surface area contributed by atoms with Gasteiger partial charge in [-0.25, -0.2) is 0 Å². The van der Waals surface area contributed by atoms with Gasteiger partial charge in [0.2, 0.25) is 0 Å². The lowest BCUT2D eigenvalue weighted by Gasteiger charge is -2.33. The van der Waals surface area contributed by atoms with Crippen LogP contribution in [0.15, 0.2) is 30.5 Å². The van der Waals surface area contributed by atoms with E-state index in [1.54, 1.807) is 0 Å². The van der Waals surface area contributed by atoms with Crippen LogP contribution in [0.4, 0.5) is 0 Å². The van der Waals surface area contributed by atoms with Crippen molar-refractivity contribution in [3.8, 4) is 0 Å². The smallest absolute Gasteiger partial charge is 0.306 e. The van der Waals surface area contributed by atoms with E-state index >= 15 is 0 Å². The van der Waals surface area contributed by atoms with Gasteiger partial charge >= 0.3 is 5.97 Å². The molecule has 5 nitrogen and oxygen atoms in total. The number of H-pyrrole nitrogens is 1. The predicted molar refractivity (Wildman–Crippen MR) is 108 cm³/mol. The van der Waals surface area contributed by atoms with Crippen LogP contribution >= 0.6 is 0 Å². The first-order chi connectivity index (χ1) is 12.6. The molecule has 0 fully saturated rings. The van der Waals surface area contributed by atoms with Crippen molar-refractivity contribution >= 4 is 22.8 Å². The number of aromatic amines is 1. The summed E-state index contributed by atoms with van der Waals surface area (Å²) in [4.78, 5) is 27.2. The van der Waals surface area contributed by atoms with Crippen LogP contribution in [0.5, 0.6) is 0 Å². The van der Waals surface area contributed by atoms with Crippen LogP contribution in [0.2, 0.25) is 0 Å². The first kappa shape index (κ1) is 21.0. The van der Waals surface area contributed by atoms with E-state index < -0.39 is 0 Å². The second-order valence-corrected chi connectivity index (χ2v) is 9.04. The van der Waals surface area contributed by atoms with E-state index in [0.29, 0.717) is 12.8 Å². The molecule has 0 aliphatic carbocycles. The number of para-hydroxylation sites is 1. The Morgan fingerprint density at radius 3 is 2.52 bits per heavy atom. The predicted octanol–water partition coefficient (Wildman–Crippen LogP) is 4.36. The number of nitrogens with one attached hydrogen (secondary N) is 2. The molecule has 2 aromatic rings. The number of carbonyl (C=O) groups excluding carboxylic acids is 2. The van der Waals surface area contributed by atoms with E-state index in [-0.39, 0.29) is 29.4 Å². The molecule has 27 heavy (non-hydrogen) atoms. The van der Waals surface area contributed by atoms with E-state index in [4.69, 9.17) is 4.74 Å². The SMILES string of the molecule is CC(C)(C)CC(C)(C)NC(=O)COC(=O)CCCc1c[nH]c2ccccc12. The summed E-state index contributed by atoms with van der Waals surface area (Å²) in [6.07, 6.45) is 4.62. The molecule has 2 N–H and O–H groups in total. The Hall–Kier alpha value is -2.30. The van der Waals surface area contributed by atoms with Crippen molar-refractivity contribution in [2.24, 2.45) is 5.41 Å². The monoisotopic (exact) mass is 372 g/mol. The van der Waals surface area contributed by atoms with Crippen molar-refractivity contribution < 1.29 is 14.3 Å². The lowest BCUT2D eigenvalue weighted by atomic mass is 9.82. The van der Waals surface area contributed by atoms with Crippen LogP contribution in [0.3, 0.4) is 0 Å². The molecule has 5 heteroatoms. The molecule has 0 spiro atoms. The van der Waals surface area contributed by atoms with E-state index in [0.717, 1.165) is 18.4 Å². The molecule has 0 saturated heterocycles. The van der Waals surface area contributed by atoms with E-state index in [9.17, 15) is 9.59 Å². The highest BCUT2D eigenvalue weighted by molar-refractivity contribution is 5.83. The Morgan fingerprint density at radius 2 is 1.81 bits per heavy atom. The third-order valence-electron chi connectivity index (χ3n) is 4.32. The summed E-state index contributed by atoms with van der Waals surface area (Å²) < 4.78 is 5.13. The van der Waals surface area contributed by atoms with Gasteiger partial charge in [0.25, 0.3) is 5.91 Å². The minimum absolute atomic E-state index is 0.107. The fourth-order valence-corrected chi connectivity index (χ4v) is 3.76. The fourth-order valence-electron chi connectivity index (χ4n) is 3.76. The zero-order valence-electron chi connectivity index (χ0n) is 17.1. The minimum Gasteiger partial charge on any atom is -0.456 e. The molecule has 148 valence electrons. The van der Waals surface area contributed by atoms with Crippen LogP contribution in [0, 0.1) is 5.41 Å². The molecule has 0 bridgehead atoms. The number of benzene rings is 1. The summed E-state index contributed by atoms with van der Waals surface area (Å²) in [5.74, 6) is -0.590. The van der Waals surface area contributed by atoms with Crippen molar-refractivity contribution in [3.63, 3.8) is 0 Å². The number of hydrogen-bond acceptors (Lipinski definition) is 3. The summed E-state index contributed by atoms with van der Waals surface area (Å²) in [6, 6.07) is 8.11.